The molecule has 152 valence electrons. The lowest BCUT2D eigenvalue weighted by molar-refractivity contribution is -0.117. The molecule has 1 aliphatic heterocycles. The van der Waals surface area contributed by atoms with Crippen molar-refractivity contribution in [1.82, 2.24) is 5.43 Å². The molecule has 0 spiro atoms. The minimum Gasteiger partial charge on any atom is -0.493 e. The summed E-state index contributed by atoms with van der Waals surface area (Å²) in [7, 11) is 1.53. The summed E-state index contributed by atoms with van der Waals surface area (Å²) in [5, 5.41) is 4.19. The quantitative estimate of drug-likeness (QED) is 0.576. The monoisotopic (exact) mass is 395 g/mol. The Morgan fingerprint density at radius 2 is 1.86 bits per heavy atom. The molecule has 7 heteroatoms. The normalized spacial score (nSPS) is 14.1. The Hall–Kier alpha value is -3.35. The zero-order valence-electron chi connectivity index (χ0n) is 16.9. The van der Waals surface area contributed by atoms with Crippen LogP contribution >= 0.6 is 0 Å². The minimum atomic E-state index is -0.343. The second-order valence-electron chi connectivity index (χ2n) is 6.63. The summed E-state index contributed by atoms with van der Waals surface area (Å²) >= 11 is 0. The van der Waals surface area contributed by atoms with Crippen LogP contribution in [0, 0.1) is 0 Å². The molecule has 29 heavy (non-hydrogen) atoms. The standard InChI is InChI=1S/C22H25N3O4/c1-4-29-19-12-9-17(14-20(19)28-3)22(27)24-23-15(2)16-7-10-18(11-8-16)25-13-5-6-21(25)26/h7-12,14H,4-6,13H2,1-3H3,(H,24,27)/b23-15-. The second-order valence-corrected chi connectivity index (χ2v) is 6.63. The van der Waals surface area contributed by atoms with Crippen LogP contribution in [0.3, 0.4) is 0 Å². The third-order valence-corrected chi connectivity index (χ3v) is 4.72. The van der Waals surface area contributed by atoms with Gasteiger partial charge >= 0.3 is 0 Å². The molecular weight excluding hydrogens is 370 g/mol. The number of hydrazone groups is 1. The van der Waals surface area contributed by atoms with Gasteiger partial charge in [-0.15, -0.1) is 0 Å². The van der Waals surface area contributed by atoms with Crippen molar-refractivity contribution in [3.05, 3.63) is 53.6 Å². The molecule has 3 rings (SSSR count). The number of nitrogens with one attached hydrogen (secondary N) is 1. The van der Waals surface area contributed by atoms with E-state index in [0.29, 0.717) is 35.8 Å². The van der Waals surface area contributed by atoms with Gasteiger partial charge in [-0.25, -0.2) is 5.43 Å². The first kappa shape index (κ1) is 20.4. The van der Waals surface area contributed by atoms with Crippen LogP contribution in [-0.4, -0.2) is 37.8 Å². The number of nitrogens with zero attached hydrogens (tertiary/aromatic N) is 2. The molecule has 0 unspecified atom stereocenters. The number of ether oxygens (including phenoxy) is 2. The molecule has 1 saturated heterocycles. The van der Waals surface area contributed by atoms with Gasteiger partial charge in [-0.2, -0.15) is 5.10 Å². The third kappa shape index (κ3) is 4.74. The fraction of sp³-hybridized carbons (Fsp3) is 0.318. The van der Waals surface area contributed by atoms with Gasteiger partial charge in [-0.3, -0.25) is 9.59 Å². The first-order chi connectivity index (χ1) is 14.0. The Labute approximate surface area is 170 Å². The van der Waals surface area contributed by atoms with Crippen molar-refractivity contribution < 1.29 is 19.1 Å². The van der Waals surface area contributed by atoms with E-state index in [4.69, 9.17) is 9.47 Å². The molecule has 1 aliphatic rings. The van der Waals surface area contributed by atoms with Gasteiger partial charge in [-0.1, -0.05) is 12.1 Å². The first-order valence-electron chi connectivity index (χ1n) is 9.59. The fourth-order valence-corrected chi connectivity index (χ4v) is 3.15. The van der Waals surface area contributed by atoms with E-state index in [0.717, 1.165) is 24.2 Å². The number of amides is 2. The summed E-state index contributed by atoms with van der Waals surface area (Å²) in [5.74, 6) is 0.890. The third-order valence-electron chi connectivity index (χ3n) is 4.72. The van der Waals surface area contributed by atoms with E-state index in [2.05, 4.69) is 10.5 Å². The highest BCUT2D eigenvalue weighted by molar-refractivity contribution is 6.02. The summed E-state index contributed by atoms with van der Waals surface area (Å²) in [6.07, 6.45) is 1.49. The predicted octanol–water partition coefficient (Wildman–Crippen LogP) is 3.37. The summed E-state index contributed by atoms with van der Waals surface area (Å²) in [5.41, 5.74) is 5.40. The van der Waals surface area contributed by atoms with Crippen LogP contribution in [0.5, 0.6) is 11.5 Å². The summed E-state index contributed by atoms with van der Waals surface area (Å²) < 4.78 is 10.7. The van der Waals surface area contributed by atoms with Crippen molar-refractivity contribution >= 4 is 23.2 Å². The van der Waals surface area contributed by atoms with Gasteiger partial charge < -0.3 is 14.4 Å². The van der Waals surface area contributed by atoms with Gasteiger partial charge in [0.25, 0.3) is 5.91 Å². The highest BCUT2D eigenvalue weighted by Gasteiger charge is 2.21. The summed E-state index contributed by atoms with van der Waals surface area (Å²) in [4.78, 5) is 26.1. The highest BCUT2D eigenvalue weighted by Crippen LogP contribution is 2.28. The number of carbonyl (C=O) groups is 2. The Kier molecular flexibility index (Phi) is 6.49. The van der Waals surface area contributed by atoms with Gasteiger partial charge in [-0.05, 0) is 56.2 Å². The van der Waals surface area contributed by atoms with Crippen LogP contribution in [0.2, 0.25) is 0 Å². The van der Waals surface area contributed by atoms with Gasteiger partial charge in [0, 0.05) is 24.2 Å². The first-order valence-corrected chi connectivity index (χ1v) is 9.59. The molecule has 1 fully saturated rings. The highest BCUT2D eigenvalue weighted by atomic mass is 16.5. The van der Waals surface area contributed by atoms with Gasteiger partial charge in [0.05, 0.1) is 19.4 Å². The largest absolute Gasteiger partial charge is 0.493 e. The van der Waals surface area contributed by atoms with E-state index in [1.165, 1.54) is 7.11 Å². The number of anilines is 1. The van der Waals surface area contributed by atoms with Crippen LogP contribution in [0.15, 0.2) is 47.6 Å². The van der Waals surface area contributed by atoms with Gasteiger partial charge in [0.1, 0.15) is 0 Å². The fourth-order valence-electron chi connectivity index (χ4n) is 3.15. The van der Waals surface area contributed by atoms with E-state index in [9.17, 15) is 9.59 Å². The second kappa shape index (κ2) is 9.23. The molecule has 0 radical (unpaired) electrons. The Bertz CT molecular complexity index is 922. The van der Waals surface area contributed by atoms with Crippen molar-refractivity contribution in [1.29, 1.82) is 0 Å². The van der Waals surface area contributed by atoms with Crippen molar-refractivity contribution in [2.45, 2.75) is 26.7 Å². The van der Waals surface area contributed by atoms with Crippen molar-refractivity contribution in [2.75, 3.05) is 25.2 Å². The maximum absolute atomic E-state index is 12.4. The van der Waals surface area contributed by atoms with E-state index >= 15 is 0 Å². The van der Waals surface area contributed by atoms with Gasteiger partial charge in [0.2, 0.25) is 5.91 Å². The molecule has 1 N–H and O–H groups in total. The van der Waals surface area contributed by atoms with Crippen LogP contribution in [0.4, 0.5) is 5.69 Å². The zero-order valence-corrected chi connectivity index (χ0v) is 16.9. The summed E-state index contributed by atoms with van der Waals surface area (Å²) in [6, 6.07) is 12.6. The molecule has 2 aromatic carbocycles. The van der Waals surface area contributed by atoms with Crippen LogP contribution in [0.1, 0.15) is 42.6 Å². The minimum absolute atomic E-state index is 0.154. The van der Waals surface area contributed by atoms with Crippen LogP contribution in [0.25, 0.3) is 0 Å². The maximum atomic E-state index is 12.4. The Morgan fingerprint density at radius 3 is 2.48 bits per heavy atom. The molecule has 0 atom stereocenters. The molecular formula is C22H25N3O4. The van der Waals surface area contributed by atoms with Crippen LogP contribution in [-0.2, 0) is 4.79 Å². The molecule has 7 nitrogen and oxygen atoms in total. The van der Waals surface area contributed by atoms with E-state index in [1.807, 2.05) is 38.1 Å². The lowest BCUT2D eigenvalue weighted by Gasteiger charge is -2.15. The number of benzene rings is 2. The SMILES string of the molecule is CCOc1ccc(C(=O)N/N=C(/C)c2ccc(N3CCCC3=O)cc2)cc1OC. The van der Waals surface area contributed by atoms with Crippen molar-refractivity contribution in [3.8, 4) is 11.5 Å². The molecule has 0 aromatic heterocycles. The van der Waals surface area contributed by atoms with Crippen molar-refractivity contribution in [3.63, 3.8) is 0 Å². The van der Waals surface area contributed by atoms with Crippen LogP contribution < -0.4 is 19.8 Å². The van der Waals surface area contributed by atoms with E-state index in [-0.39, 0.29) is 11.8 Å². The van der Waals surface area contributed by atoms with E-state index < -0.39 is 0 Å². The number of hydrogen-bond donors (Lipinski definition) is 1. The Balaban J connectivity index is 1.67. The van der Waals surface area contributed by atoms with Gasteiger partial charge in [0.15, 0.2) is 11.5 Å². The number of carbonyl (C=O) groups excluding carboxylic acids is 2. The topological polar surface area (TPSA) is 80.2 Å². The number of rotatable bonds is 7. The average Bonchev–Trinajstić information content (AvgIpc) is 3.18. The average molecular weight is 395 g/mol. The Morgan fingerprint density at radius 1 is 1.14 bits per heavy atom. The molecule has 2 aromatic rings. The lowest BCUT2D eigenvalue weighted by Crippen LogP contribution is -2.23. The molecule has 2 amide bonds. The maximum Gasteiger partial charge on any atom is 0.271 e. The van der Waals surface area contributed by atoms with Crippen molar-refractivity contribution in [2.24, 2.45) is 5.10 Å². The summed E-state index contributed by atoms with van der Waals surface area (Å²) in [6.45, 7) is 4.96. The molecule has 0 saturated carbocycles. The predicted molar refractivity (Wildman–Crippen MR) is 112 cm³/mol. The molecule has 0 bridgehead atoms. The molecule has 1 heterocycles. The smallest absolute Gasteiger partial charge is 0.271 e. The van der Waals surface area contributed by atoms with E-state index in [1.54, 1.807) is 23.1 Å². The molecule has 0 aliphatic carbocycles. The lowest BCUT2D eigenvalue weighted by atomic mass is 10.1. The number of methoxy groups -OCH3 is 1. The number of hydrogen-bond acceptors (Lipinski definition) is 5. The zero-order chi connectivity index (χ0) is 20.8.